The largest absolute Gasteiger partial charge is 0.322 e. The first-order valence-corrected chi connectivity index (χ1v) is 13.3. The van der Waals surface area contributed by atoms with Crippen LogP contribution in [0.2, 0.25) is 0 Å². The predicted molar refractivity (Wildman–Crippen MR) is 119 cm³/mol. The van der Waals surface area contributed by atoms with Gasteiger partial charge in [0.15, 0.2) is 0 Å². The van der Waals surface area contributed by atoms with Gasteiger partial charge in [-0.05, 0) is 61.7 Å². The highest BCUT2D eigenvalue weighted by molar-refractivity contribution is 7.93. The van der Waals surface area contributed by atoms with Crippen LogP contribution in [0.5, 0.6) is 0 Å². The Kier molecular flexibility index (Phi) is 6.05. The number of amides is 1. The molecule has 2 aromatic rings. The molecule has 4 rings (SSSR count). The number of hydrogen-bond donors (Lipinski definition) is 1. The smallest absolute Gasteiger partial charge is 0.255 e. The van der Waals surface area contributed by atoms with Gasteiger partial charge in [-0.3, -0.25) is 9.10 Å². The number of hydrogen-bond acceptors (Lipinski definition) is 5. The molecule has 0 aliphatic carbocycles. The third-order valence-corrected chi connectivity index (χ3v) is 9.33. The number of benzene rings is 2. The summed E-state index contributed by atoms with van der Waals surface area (Å²) in [5.74, 6) is -0.292. The highest BCUT2D eigenvalue weighted by atomic mass is 32.2. The van der Waals surface area contributed by atoms with Crippen LogP contribution >= 0.6 is 0 Å². The summed E-state index contributed by atoms with van der Waals surface area (Å²) in [5, 5.41) is 2.74. The molecule has 1 N–H and O–H groups in total. The maximum absolute atomic E-state index is 12.9. The summed E-state index contributed by atoms with van der Waals surface area (Å²) >= 11 is 0. The van der Waals surface area contributed by atoms with Crippen LogP contribution < -0.4 is 9.62 Å². The van der Waals surface area contributed by atoms with Crippen molar-refractivity contribution in [3.63, 3.8) is 0 Å². The van der Waals surface area contributed by atoms with Crippen LogP contribution in [0, 0.1) is 0 Å². The van der Waals surface area contributed by atoms with E-state index in [9.17, 15) is 21.6 Å². The minimum Gasteiger partial charge on any atom is -0.322 e. The van der Waals surface area contributed by atoms with Gasteiger partial charge < -0.3 is 5.32 Å². The summed E-state index contributed by atoms with van der Waals surface area (Å²) in [6.07, 6.45) is 3.30. The van der Waals surface area contributed by atoms with E-state index >= 15 is 0 Å². The average molecular weight is 464 g/mol. The van der Waals surface area contributed by atoms with E-state index in [4.69, 9.17) is 0 Å². The summed E-state index contributed by atoms with van der Waals surface area (Å²) in [7, 11) is -6.89. The first-order valence-electron chi connectivity index (χ1n) is 10.3. The maximum atomic E-state index is 12.9. The summed E-state index contributed by atoms with van der Waals surface area (Å²) in [6.45, 7) is 1.45. The molecule has 0 spiro atoms. The molecule has 2 aliphatic heterocycles. The number of anilines is 2. The Bertz CT molecular complexity index is 1170. The number of piperidine rings is 1. The molecule has 166 valence electrons. The lowest BCUT2D eigenvalue weighted by Gasteiger charge is -2.26. The van der Waals surface area contributed by atoms with Gasteiger partial charge in [-0.1, -0.05) is 12.5 Å². The Morgan fingerprint density at radius 2 is 1.61 bits per heavy atom. The van der Waals surface area contributed by atoms with Crippen molar-refractivity contribution in [3.05, 3.63) is 54.1 Å². The van der Waals surface area contributed by atoms with Crippen molar-refractivity contribution in [2.24, 2.45) is 0 Å². The van der Waals surface area contributed by atoms with Crippen LogP contribution in [0.3, 0.4) is 0 Å². The van der Waals surface area contributed by atoms with Crippen molar-refractivity contribution < 1.29 is 21.6 Å². The van der Waals surface area contributed by atoms with Gasteiger partial charge in [-0.25, -0.2) is 16.8 Å². The Morgan fingerprint density at radius 3 is 2.26 bits per heavy atom. The second kappa shape index (κ2) is 8.60. The lowest BCUT2D eigenvalue weighted by molar-refractivity contribution is 0.102. The molecule has 0 bridgehead atoms. The van der Waals surface area contributed by atoms with E-state index in [1.165, 1.54) is 20.7 Å². The van der Waals surface area contributed by atoms with Crippen molar-refractivity contribution in [2.75, 3.05) is 35.0 Å². The Labute approximate surface area is 183 Å². The normalized spacial score (nSPS) is 19.3. The second-order valence-corrected chi connectivity index (χ2v) is 11.7. The quantitative estimate of drug-likeness (QED) is 0.734. The Morgan fingerprint density at radius 1 is 0.903 bits per heavy atom. The van der Waals surface area contributed by atoms with Crippen molar-refractivity contribution in [3.8, 4) is 0 Å². The molecule has 31 heavy (non-hydrogen) atoms. The Balaban J connectivity index is 1.48. The fraction of sp³-hybridized carbons (Fsp3) is 0.381. The molecule has 2 fully saturated rings. The third-order valence-electron chi connectivity index (χ3n) is 5.56. The van der Waals surface area contributed by atoms with Crippen LogP contribution in [-0.4, -0.2) is 52.4 Å². The molecule has 0 radical (unpaired) electrons. The lowest BCUT2D eigenvalue weighted by Crippen LogP contribution is -2.35. The van der Waals surface area contributed by atoms with Gasteiger partial charge in [0.05, 0.1) is 16.3 Å². The highest BCUT2D eigenvalue weighted by Crippen LogP contribution is 2.26. The third kappa shape index (κ3) is 4.60. The fourth-order valence-electron chi connectivity index (χ4n) is 3.90. The summed E-state index contributed by atoms with van der Waals surface area (Å²) < 4.78 is 52.7. The number of rotatable bonds is 5. The van der Waals surface area contributed by atoms with Gasteiger partial charge in [-0.15, -0.1) is 0 Å². The Hall–Kier alpha value is -2.43. The van der Waals surface area contributed by atoms with E-state index in [-0.39, 0.29) is 16.2 Å². The number of nitrogens with zero attached hydrogens (tertiary/aromatic N) is 2. The van der Waals surface area contributed by atoms with E-state index in [0.29, 0.717) is 37.4 Å². The predicted octanol–water partition coefficient (Wildman–Crippen LogP) is 2.65. The molecule has 2 heterocycles. The van der Waals surface area contributed by atoms with Gasteiger partial charge >= 0.3 is 0 Å². The van der Waals surface area contributed by atoms with Crippen LogP contribution in [0.1, 0.15) is 36.0 Å². The topological polar surface area (TPSA) is 104 Å². The monoisotopic (exact) mass is 463 g/mol. The van der Waals surface area contributed by atoms with Gasteiger partial charge in [-0.2, -0.15) is 4.31 Å². The number of sulfonamides is 2. The number of carbonyl (C=O) groups excluding carboxylic acids is 1. The minimum absolute atomic E-state index is 0.108. The van der Waals surface area contributed by atoms with Crippen molar-refractivity contribution in [2.45, 2.75) is 30.6 Å². The van der Waals surface area contributed by atoms with E-state index in [1.807, 2.05) is 0 Å². The highest BCUT2D eigenvalue weighted by Gasteiger charge is 2.28. The van der Waals surface area contributed by atoms with Crippen molar-refractivity contribution in [1.82, 2.24) is 4.31 Å². The summed E-state index contributed by atoms with van der Waals surface area (Å²) in [5.41, 5.74) is 1.30. The standard InChI is InChI=1S/C21H25N3O5S2/c25-21(22-18-8-10-19(11-9-18)24-14-5-15-30(24,26)27)17-6-4-7-20(16-17)31(28,29)23-12-2-1-3-13-23/h4,6-11,16H,1-3,5,12-15H2,(H,22,25). The van der Waals surface area contributed by atoms with E-state index in [2.05, 4.69) is 5.32 Å². The SMILES string of the molecule is O=C(Nc1ccc(N2CCCS2(=O)=O)cc1)c1cccc(S(=O)(=O)N2CCCCC2)c1. The van der Waals surface area contributed by atoms with Crippen LogP contribution in [0.25, 0.3) is 0 Å². The molecule has 2 aromatic carbocycles. The van der Waals surface area contributed by atoms with E-state index in [0.717, 1.165) is 19.3 Å². The molecule has 1 amide bonds. The molecule has 0 saturated carbocycles. The van der Waals surface area contributed by atoms with Crippen LogP contribution in [-0.2, 0) is 20.0 Å². The zero-order chi connectivity index (χ0) is 22.1. The zero-order valence-corrected chi connectivity index (χ0v) is 18.7. The maximum Gasteiger partial charge on any atom is 0.255 e. The van der Waals surface area contributed by atoms with E-state index in [1.54, 1.807) is 36.4 Å². The van der Waals surface area contributed by atoms with Gasteiger partial charge in [0.1, 0.15) is 0 Å². The first-order chi connectivity index (χ1) is 14.8. The minimum atomic E-state index is -3.63. The summed E-state index contributed by atoms with van der Waals surface area (Å²) in [6, 6.07) is 12.6. The van der Waals surface area contributed by atoms with Crippen molar-refractivity contribution >= 4 is 37.3 Å². The second-order valence-electron chi connectivity index (χ2n) is 7.74. The molecular formula is C21H25N3O5S2. The lowest BCUT2D eigenvalue weighted by atomic mass is 10.2. The molecule has 0 aromatic heterocycles. The first kappa shape index (κ1) is 21.8. The zero-order valence-electron chi connectivity index (χ0n) is 17.0. The molecule has 0 atom stereocenters. The number of nitrogens with one attached hydrogen (secondary N) is 1. The van der Waals surface area contributed by atoms with Gasteiger partial charge in [0.25, 0.3) is 5.91 Å². The van der Waals surface area contributed by atoms with Crippen LogP contribution in [0.15, 0.2) is 53.4 Å². The number of carbonyl (C=O) groups is 1. The molecule has 2 aliphatic rings. The molecular weight excluding hydrogens is 438 g/mol. The van der Waals surface area contributed by atoms with E-state index < -0.39 is 26.0 Å². The van der Waals surface area contributed by atoms with Crippen LogP contribution in [0.4, 0.5) is 11.4 Å². The average Bonchev–Trinajstić information content (AvgIpc) is 3.14. The van der Waals surface area contributed by atoms with Gasteiger partial charge in [0.2, 0.25) is 20.0 Å². The fourth-order valence-corrected chi connectivity index (χ4v) is 7.02. The summed E-state index contributed by atoms with van der Waals surface area (Å²) in [4.78, 5) is 12.8. The van der Waals surface area contributed by atoms with Gasteiger partial charge in [0, 0.05) is 30.9 Å². The molecule has 0 unspecified atom stereocenters. The van der Waals surface area contributed by atoms with Crippen molar-refractivity contribution in [1.29, 1.82) is 0 Å². The molecule has 8 nitrogen and oxygen atoms in total. The molecule has 2 saturated heterocycles. The molecule has 10 heteroatoms.